The van der Waals surface area contributed by atoms with E-state index < -0.39 is 12.0 Å². The van der Waals surface area contributed by atoms with Crippen molar-refractivity contribution >= 4 is 17.9 Å². The van der Waals surface area contributed by atoms with Crippen LogP contribution in [0.5, 0.6) is 0 Å². The number of ether oxygens (including phenoxy) is 3. The lowest BCUT2D eigenvalue weighted by atomic mass is 9.92. The largest absolute Gasteiger partial charge is 0.465 e. The third-order valence-electron chi connectivity index (χ3n) is 11.3. The highest BCUT2D eigenvalue weighted by molar-refractivity contribution is 5.70. The number of rotatable bonds is 40. The Bertz CT molecular complexity index is 1100. The molecular formula is C51H90N2O7. The number of aliphatic hydroxyl groups excluding tert-OH is 1. The van der Waals surface area contributed by atoms with Gasteiger partial charge in [0.1, 0.15) is 19.8 Å². The SMILES string of the molecule is CCCCC/C=C\C/C=C\CCCCCCCC(=O)OCC(CO)(COC(=O)CCCCCCC/C=C\C/C=C\CCCCC)COC(=O)CCCCN1CCN(C)CC1. The van der Waals surface area contributed by atoms with Gasteiger partial charge in [-0.3, -0.25) is 14.4 Å². The zero-order valence-electron chi connectivity index (χ0n) is 38.9. The average molecular weight is 843 g/mol. The second-order valence-corrected chi connectivity index (χ2v) is 17.2. The first-order valence-electron chi connectivity index (χ1n) is 24.4. The second kappa shape index (κ2) is 40.3. The lowest BCUT2D eigenvalue weighted by Gasteiger charge is -2.32. The molecule has 0 saturated carbocycles. The molecule has 0 aromatic carbocycles. The van der Waals surface area contributed by atoms with Crippen molar-refractivity contribution in [1.82, 2.24) is 9.80 Å². The first-order valence-corrected chi connectivity index (χ1v) is 24.4. The van der Waals surface area contributed by atoms with Crippen LogP contribution in [-0.2, 0) is 28.6 Å². The van der Waals surface area contributed by atoms with Crippen LogP contribution >= 0.6 is 0 Å². The van der Waals surface area contributed by atoms with Crippen molar-refractivity contribution in [3.05, 3.63) is 48.6 Å². The molecule has 0 atom stereocenters. The number of hydrogen-bond donors (Lipinski definition) is 1. The van der Waals surface area contributed by atoms with E-state index in [4.69, 9.17) is 14.2 Å². The van der Waals surface area contributed by atoms with Crippen LogP contribution in [0.4, 0.5) is 0 Å². The van der Waals surface area contributed by atoms with Gasteiger partial charge in [0.25, 0.3) is 0 Å². The zero-order valence-corrected chi connectivity index (χ0v) is 38.9. The number of likely N-dealkylation sites (N-methyl/N-ethyl adjacent to an activating group) is 1. The Morgan fingerprint density at radius 1 is 0.483 bits per heavy atom. The molecule has 0 aromatic rings. The average Bonchev–Trinajstić information content (AvgIpc) is 3.25. The van der Waals surface area contributed by atoms with Crippen molar-refractivity contribution < 1.29 is 33.7 Å². The number of allylic oxidation sites excluding steroid dienone is 8. The molecule has 0 spiro atoms. The molecular weight excluding hydrogens is 753 g/mol. The summed E-state index contributed by atoms with van der Waals surface area (Å²) in [6.07, 6.45) is 44.8. The molecule has 0 amide bonds. The minimum atomic E-state index is -1.21. The molecule has 1 aliphatic heterocycles. The number of carbonyl (C=O) groups is 3. The Labute approximate surface area is 367 Å². The predicted octanol–water partition coefficient (Wildman–Crippen LogP) is 11.6. The summed E-state index contributed by atoms with van der Waals surface area (Å²) in [6.45, 7) is 8.63. The molecule has 1 rings (SSSR count). The fourth-order valence-electron chi connectivity index (χ4n) is 7.02. The van der Waals surface area contributed by atoms with Crippen LogP contribution in [-0.4, -0.2) is 99.0 Å². The van der Waals surface area contributed by atoms with Crippen LogP contribution in [0.1, 0.15) is 187 Å². The summed E-state index contributed by atoms with van der Waals surface area (Å²) < 4.78 is 16.9. The van der Waals surface area contributed by atoms with E-state index in [0.29, 0.717) is 6.42 Å². The zero-order chi connectivity index (χ0) is 43.6. The molecule has 346 valence electrons. The summed E-state index contributed by atoms with van der Waals surface area (Å²) in [5.74, 6) is -1.07. The molecule has 9 nitrogen and oxygen atoms in total. The molecule has 0 aliphatic carbocycles. The maximum absolute atomic E-state index is 12.8. The lowest BCUT2D eigenvalue weighted by Crippen LogP contribution is -2.44. The van der Waals surface area contributed by atoms with Crippen molar-refractivity contribution in [2.75, 3.05) is 66.2 Å². The minimum absolute atomic E-state index is 0.184. The Morgan fingerprint density at radius 3 is 1.22 bits per heavy atom. The van der Waals surface area contributed by atoms with Gasteiger partial charge in [0.2, 0.25) is 0 Å². The Hall–Kier alpha value is -2.75. The van der Waals surface area contributed by atoms with Crippen molar-refractivity contribution in [2.45, 2.75) is 187 Å². The quantitative estimate of drug-likeness (QED) is 0.0279. The van der Waals surface area contributed by atoms with Crippen LogP contribution in [0, 0.1) is 5.41 Å². The third-order valence-corrected chi connectivity index (χ3v) is 11.3. The number of esters is 3. The van der Waals surface area contributed by atoms with E-state index in [2.05, 4.69) is 79.3 Å². The molecule has 0 bridgehead atoms. The first-order chi connectivity index (χ1) is 29.3. The summed E-state index contributed by atoms with van der Waals surface area (Å²) >= 11 is 0. The highest BCUT2D eigenvalue weighted by atomic mass is 16.6. The van der Waals surface area contributed by atoms with Crippen LogP contribution in [0.25, 0.3) is 0 Å². The molecule has 1 heterocycles. The van der Waals surface area contributed by atoms with E-state index in [-0.39, 0.29) is 57.0 Å². The number of nitrogens with zero attached hydrogens (tertiary/aromatic N) is 2. The van der Waals surface area contributed by atoms with Crippen LogP contribution in [0.15, 0.2) is 48.6 Å². The van der Waals surface area contributed by atoms with Gasteiger partial charge in [-0.05, 0) is 103 Å². The minimum Gasteiger partial charge on any atom is -0.465 e. The summed E-state index contributed by atoms with van der Waals surface area (Å²) in [4.78, 5) is 43.0. The highest BCUT2D eigenvalue weighted by Gasteiger charge is 2.35. The smallest absolute Gasteiger partial charge is 0.305 e. The first kappa shape index (κ1) is 55.3. The third kappa shape index (κ3) is 33.9. The molecule has 0 radical (unpaired) electrons. The van der Waals surface area contributed by atoms with E-state index in [1.165, 1.54) is 51.4 Å². The molecule has 9 heteroatoms. The summed E-state index contributed by atoms with van der Waals surface area (Å²) in [7, 11) is 2.14. The fourth-order valence-corrected chi connectivity index (χ4v) is 7.02. The molecule has 1 saturated heterocycles. The number of hydrogen-bond acceptors (Lipinski definition) is 9. The van der Waals surface area contributed by atoms with Gasteiger partial charge in [-0.1, -0.05) is 127 Å². The van der Waals surface area contributed by atoms with Crippen molar-refractivity contribution in [1.29, 1.82) is 0 Å². The molecule has 0 aromatic heterocycles. The van der Waals surface area contributed by atoms with Crippen molar-refractivity contribution in [3.63, 3.8) is 0 Å². The maximum atomic E-state index is 12.8. The highest BCUT2D eigenvalue weighted by Crippen LogP contribution is 2.22. The van der Waals surface area contributed by atoms with Gasteiger partial charge in [-0.15, -0.1) is 0 Å². The summed E-state index contributed by atoms with van der Waals surface area (Å²) in [5, 5.41) is 10.5. The van der Waals surface area contributed by atoms with E-state index >= 15 is 0 Å². The van der Waals surface area contributed by atoms with Crippen LogP contribution in [0.2, 0.25) is 0 Å². The monoisotopic (exact) mass is 843 g/mol. The van der Waals surface area contributed by atoms with Crippen LogP contribution in [0.3, 0.4) is 0 Å². The van der Waals surface area contributed by atoms with Crippen molar-refractivity contribution in [3.8, 4) is 0 Å². The summed E-state index contributed by atoms with van der Waals surface area (Å²) in [6, 6.07) is 0. The second-order valence-electron chi connectivity index (χ2n) is 17.2. The number of aliphatic hydroxyl groups is 1. The molecule has 60 heavy (non-hydrogen) atoms. The van der Waals surface area contributed by atoms with Crippen molar-refractivity contribution in [2.24, 2.45) is 5.41 Å². The predicted molar refractivity (Wildman–Crippen MR) is 249 cm³/mol. The number of carbonyl (C=O) groups excluding carboxylic acids is 3. The normalized spacial score (nSPS) is 14.3. The number of unbranched alkanes of at least 4 members (excludes halogenated alkanes) is 17. The summed E-state index contributed by atoms with van der Waals surface area (Å²) in [5.41, 5.74) is -1.21. The van der Waals surface area contributed by atoms with Gasteiger partial charge in [-0.25, -0.2) is 0 Å². The molecule has 1 fully saturated rings. The van der Waals surface area contributed by atoms with Gasteiger partial charge in [0, 0.05) is 45.4 Å². The standard InChI is InChI=1S/C51H90N2O7/c1-4-6-8-10-12-14-16-18-20-22-24-26-28-30-32-36-48(55)58-45-51(44-54,47-60-50(57)38-34-35-39-53-42-40-52(3)41-43-53)46-59-49(56)37-33-31-29-27-25-23-21-19-17-15-13-11-9-7-5-2/h12-15,18-21,54H,4-11,16-17,22-47H2,1-3H3/b14-12-,15-13-,20-18-,21-19-. The van der Waals surface area contributed by atoms with E-state index in [1.807, 2.05) is 0 Å². The Morgan fingerprint density at radius 2 is 0.833 bits per heavy atom. The fraction of sp³-hybridized carbons (Fsp3) is 0.784. The van der Waals surface area contributed by atoms with Gasteiger partial charge in [0.05, 0.1) is 12.0 Å². The van der Waals surface area contributed by atoms with Gasteiger partial charge in [0.15, 0.2) is 0 Å². The van der Waals surface area contributed by atoms with E-state index in [0.717, 1.165) is 129 Å². The van der Waals surface area contributed by atoms with Gasteiger partial charge >= 0.3 is 17.9 Å². The maximum Gasteiger partial charge on any atom is 0.305 e. The Kier molecular flexibility index (Phi) is 37.1. The van der Waals surface area contributed by atoms with Gasteiger partial charge < -0.3 is 29.1 Å². The molecule has 1 N–H and O–H groups in total. The topological polar surface area (TPSA) is 106 Å². The molecule has 0 unspecified atom stereocenters. The van der Waals surface area contributed by atoms with Crippen LogP contribution < -0.4 is 0 Å². The lowest BCUT2D eigenvalue weighted by molar-refractivity contribution is -0.165. The van der Waals surface area contributed by atoms with E-state index in [1.54, 1.807) is 0 Å². The Balaban J connectivity index is 2.42. The van der Waals surface area contributed by atoms with Gasteiger partial charge in [-0.2, -0.15) is 0 Å². The van der Waals surface area contributed by atoms with E-state index in [9.17, 15) is 19.5 Å². The molecule has 1 aliphatic rings. The number of piperazine rings is 1.